The van der Waals surface area contributed by atoms with Crippen LogP contribution in [0.2, 0.25) is 0 Å². The van der Waals surface area contributed by atoms with Gasteiger partial charge in [0.25, 0.3) is 10.1 Å². The van der Waals surface area contributed by atoms with E-state index in [9.17, 15) is 17.8 Å². The first-order valence-electron chi connectivity index (χ1n) is 14.0. The van der Waals surface area contributed by atoms with Crippen molar-refractivity contribution < 1.29 is 27.4 Å². The third-order valence-electron chi connectivity index (χ3n) is 8.31. The van der Waals surface area contributed by atoms with E-state index in [4.69, 9.17) is 5.11 Å². The second-order valence-electron chi connectivity index (χ2n) is 11.8. The summed E-state index contributed by atoms with van der Waals surface area (Å²) in [4.78, 5) is 13.0. The van der Waals surface area contributed by atoms with Crippen molar-refractivity contribution >= 4 is 33.2 Å². The first kappa shape index (κ1) is 29.7. The highest BCUT2D eigenvalue weighted by atomic mass is 32.2. The van der Waals surface area contributed by atoms with E-state index in [-0.39, 0.29) is 16.7 Å². The lowest BCUT2D eigenvalue weighted by molar-refractivity contribution is -0.433. The van der Waals surface area contributed by atoms with Crippen molar-refractivity contribution in [1.29, 1.82) is 0 Å². The Balaban J connectivity index is 1.72. The molecule has 214 valence electrons. The number of aryl methyl sites for hydroxylation is 1. The Bertz CT molecular complexity index is 1530. The highest BCUT2D eigenvalue weighted by molar-refractivity contribution is 7.85. The lowest BCUT2D eigenvalue weighted by Crippen LogP contribution is -2.28. The second kappa shape index (κ2) is 11.0. The van der Waals surface area contributed by atoms with Gasteiger partial charge < -0.3 is 10.0 Å². The maximum atomic E-state index is 11.9. The standard InChI is InChI=1S/C32H40N2O5S/c1-7-33-26-17-15-22(2)20-24(26)31(3,4)28(33)12-11-13-29-32(5,6)25-21-23(40(37,38)39)16-18-27(25)34(29)19-10-8-9-14-30(35)36/h11-13,15-18,20-21H,7-10,14,19H2,1-6H3,(H-,35,36,37,38,39)/p+1. The lowest BCUT2D eigenvalue weighted by Gasteiger charge is -2.27. The number of nitrogens with zero attached hydrogens (tertiary/aromatic N) is 2. The molecule has 0 spiro atoms. The van der Waals surface area contributed by atoms with Gasteiger partial charge in [0.05, 0.1) is 10.3 Å². The van der Waals surface area contributed by atoms with E-state index in [0.717, 1.165) is 36.3 Å². The lowest BCUT2D eigenvalue weighted by atomic mass is 9.80. The molecule has 7 nitrogen and oxygen atoms in total. The molecule has 0 aliphatic carbocycles. The quantitative estimate of drug-likeness (QED) is 0.193. The molecule has 2 aliphatic rings. The Morgan fingerprint density at radius 2 is 1.73 bits per heavy atom. The molecule has 0 amide bonds. The van der Waals surface area contributed by atoms with Crippen LogP contribution in [0.1, 0.15) is 77.0 Å². The van der Waals surface area contributed by atoms with Crippen LogP contribution in [0.4, 0.5) is 11.4 Å². The van der Waals surface area contributed by atoms with Crippen molar-refractivity contribution in [1.82, 2.24) is 0 Å². The van der Waals surface area contributed by atoms with Crippen molar-refractivity contribution in [3.63, 3.8) is 0 Å². The fourth-order valence-corrected chi connectivity index (χ4v) is 6.65. The van der Waals surface area contributed by atoms with E-state index < -0.39 is 21.5 Å². The maximum Gasteiger partial charge on any atom is 0.303 e. The number of unbranched alkanes of at least 4 members (excludes halogenated alkanes) is 2. The summed E-state index contributed by atoms with van der Waals surface area (Å²) in [6.07, 6.45) is 8.71. The molecule has 2 aromatic carbocycles. The predicted octanol–water partition coefficient (Wildman–Crippen LogP) is 6.52. The second-order valence-corrected chi connectivity index (χ2v) is 13.2. The molecular formula is C32H41N2O5S+. The monoisotopic (exact) mass is 565 g/mol. The molecule has 0 fully saturated rings. The largest absolute Gasteiger partial charge is 0.481 e. The summed E-state index contributed by atoms with van der Waals surface area (Å²) in [5.74, 6) is -0.790. The number of hydrogen-bond acceptors (Lipinski definition) is 4. The van der Waals surface area contributed by atoms with Gasteiger partial charge in [-0.05, 0) is 76.4 Å². The van der Waals surface area contributed by atoms with Gasteiger partial charge in [-0.3, -0.25) is 9.35 Å². The number of allylic oxidation sites excluding steroid dienone is 4. The van der Waals surface area contributed by atoms with E-state index in [1.54, 1.807) is 12.1 Å². The van der Waals surface area contributed by atoms with Crippen LogP contribution in [0.3, 0.4) is 0 Å². The van der Waals surface area contributed by atoms with Crippen LogP contribution in [-0.2, 0) is 25.7 Å². The Morgan fingerprint density at radius 3 is 2.38 bits per heavy atom. The molecule has 0 radical (unpaired) electrons. The summed E-state index contributed by atoms with van der Waals surface area (Å²) in [5, 5.41) is 8.99. The number of benzene rings is 2. The molecule has 4 rings (SSSR count). The SMILES string of the molecule is CC[N+]1=C(/C=C/C=C2/N(CCCCCC(=O)O)c3ccc(S(=O)(=O)O)cc3C2(C)C)C(C)(C)c2cc(C)ccc21. The van der Waals surface area contributed by atoms with Gasteiger partial charge in [0.1, 0.15) is 6.54 Å². The van der Waals surface area contributed by atoms with Crippen LogP contribution in [0.5, 0.6) is 0 Å². The molecule has 0 atom stereocenters. The van der Waals surface area contributed by atoms with Crippen molar-refractivity contribution in [2.24, 2.45) is 0 Å². The van der Waals surface area contributed by atoms with Crippen molar-refractivity contribution in [3.8, 4) is 0 Å². The topological polar surface area (TPSA) is 97.9 Å². The minimum atomic E-state index is -4.34. The van der Waals surface area contributed by atoms with Gasteiger partial charge in [-0.15, -0.1) is 0 Å². The van der Waals surface area contributed by atoms with Crippen molar-refractivity contribution in [2.45, 2.75) is 83.0 Å². The fourth-order valence-electron chi connectivity index (χ4n) is 6.14. The van der Waals surface area contributed by atoms with Crippen LogP contribution in [-0.4, -0.2) is 47.4 Å². The number of carboxylic acid groups (broad SMARTS) is 1. The molecule has 40 heavy (non-hydrogen) atoms. The van der Waals surface area contributed by atoms with Crippen LogP contribution in [0.25, 0.3) is 0 Å². The minimum absolute atomic E-state index is 0.118. The number of fused-ring (bicyclic) bond motifs is 2. The van der Waals surface area contributed by atoms with Gasteiger partial charge in [0.15, 0.2) is 5.71 Å². The average molecular weight is 566 g/mol. The minimum Gasteiger partial charge on any atom is -0.481 e. The average Bonchev–Trinajstić information content (AvgIpc) is 3.21. The summed E-state index contributed by atoms with van der Waals surface area (Å²) in [6, 6.07) is 11.4. The molecule has 8 heteroatoms. The Hall–Kier alpha value is -3.23. The number of hydrogen-bond donors (Lipinski definition) is 2. The van der Waals surface area contributed by atoms with Gasteiger partial charge in [-0.1, -0.05) is 38.0 Å². The van der Waals surface area contributed by atoms with Gasteiger partial charge in [0.2, 0.25) is 5.69 Å². The molecule has 0 saturated carbocycles. The molecular weight excluding hydrogens is 524 g/mol. The third kappa shape index (κ3) is 5.52. The molecule has 0 unspecified atom stereocenters. The zero-order valence-corrected chi connectivity index (χ0v) is 25.2. The van der Waals surface area contributed by atoms with Gasteiger partial charge in [-0.25, -0.2) is 0 Å². The Labute approximate surface area is 238 Å². The maximum absolute atomic E-state index is 11.9. The molecule has 2 heterocycles. The third-order valence-corrected chi connectivity index (χ3v) is 9.15. The summed E-state index contributed by atoms with van der Waals surface area (Å²) < 4.78 is 35.9. The highest BCUT2D eigenvalue weighted by Crippen LogP contribution is 2.48. The zero-order valence-electron chi connectivity index (χ0n) is 24.4. The number of carbonyl (C=O) groups is 1. The Kier molecular flexibility index (Phi) is 8.16. The molecule has 0 bridgehead atoms. The highest BCUT2D eigenvalue weighted by Gasteiger charge is 2.44. The number of anilines is 1. The molecule has 0 aromatic heterocycles. The van der Waals surface area contributed by atoms with Crippen molar-refractivity contribution in [2.75, 3.05) is 18.0 Å². The molecule has 0 saturated heterocycles. The van der Waals surface area contributed by atoms with Gasteiger partial charge in [-0.2, -0.15) is 13.0 Å². The summed E-state index contributed by atoms with van der Waals surface area (Å²) in [7, 11) is -4.34. The van der Waals surface area contributed by atoms with E-state index in [1.165, 1.54) is 28.6 Å². The first-order chi connectivity index (χ1) is 18.7. The number of rotatable bonds is 10. The van der Waals surface area contributed by atoms with E-state index >= 15 is 0 Å². The number of aliphatic carboxylic acids is 1. The van der Waals surface area contributed by atoms with Crippen LogP contribution < -0.4 is 4.90 Å². The summed E-state index contributed by atoms with van der Waals surface area (Å²) >= 11 is 0. The van der Waals surface area contributed by atoms with Crippen LogP contribution in [0.15, 0.2) is 65.2 Å². The zero-order chi connectivity index (χ0) is 29.5. The normalized spacial score (nSPS) is 18.6. The predicted molar refractivity (Wildman–Crippen MR) is 160 cm³/mol. The molecule has 2 aliphatic heterocycles. The van der Waals surface area contributed by atoms with E-state index in [2.05, 4.69) is 87.4 Å². The smallest absolute Gasteiger partial charge is 0.303 e. The fraction of sp³-hybridized carbons (Fsp3) is 0.438. The molecule has 2 N–H and O–H groups in total. The van der Waals surface area contributed by atoms with Crippen molar-refractivity contribution in [3.05, 3.63) is 77.0 Å². The van der Waals surface area contributed by atoms with E-state index in [1.807, 2.05) is 0 Å². The van der Waals surface area contributed by atoms with Gasteiger partial charge in [0, 0.05) is 47.5 Å². The van der Waals surface area contributed by atoms with Gasteiger partial charge >= 0.3 is 5.97 Å². The Morgan fingerprint density at radius 1 is 1.00 bits per heavy atom. The summed E-state index contributed by atoms with van der Waals surface area (Å²) in [5.41, 5.74) is 7.10. The summed E-state index contributed by atoms with van der Waals surface area (Å²) in [6.45, 7) is 14.4. The molecule has 2 aromatic rings. The van der Waals surface area contributed by atoms with E-state index in [0.29, 0.717) is 13.0 Å². The number of carboxylic acids is 1. The van der Waals surface area contributed by atoms with Crippen LogP contribution in [0, 0.1) is 6.92 Å². The van der Waals surface area contributed by atoms with Crippen LogP contribution >= 0.6 is 0 Å². The first-order valence-corrected chi connectivity index (χ1v) is 15.4.